The van der Waals surface area contributed by atoms with E-state index in [4.69, 9.17) is 14.5 Å². The van der Waals surface area contributed by atoms with E-state index < -0.39 is 0 Å². The maximum absolute atomic E-state index is 12.3. The highest BCUT2D eigenvalue weighted by Crippen LogP contribution is 2.29. The Morgan fingerprint density at radius 2 is 2.11 bits per heavy atom. The van der Waals surface area contributed by atoms with Crippen molar-refractivity contribution in [1.29, 1.82) is 0 Å². The summed E-state index contributed by atoms with van der Waals surface area (Å²) in [5.74, 6) is 1.11. The molecule has 1 atom stereocenters. The van der Waals surface area contributed by atoms with E-state index in [2.05, 4.69) is 11.4 Å². The number of nitrogens with zero attached hydrogens (tertiary/aromatic N) is 2. The molecule has 0 bridgehead atoms. The van der Waals surface area contributed by atoms with E-state index in [-0.39, 0.29) is 24.5 Å². The number of carbonyl (C=O) groups is 1. The average Bonchev–Trinajstić information content (AvgIpc) is 3.16. The lowest BCUT2D eigenvalue weighted by Crippen LogP contribution is -2.32. The minimum Gasteiger partial charge on any atom is -0.497 e. The first-order valence-electron chi connectivity index (χ1n) is 9.73. The summed E-state index contributed by atoms with van der Waals surface area (Å²) in [6.07, 6.45) is 0.980. The summed E-state index contributed by atoms with van der Waals surface area (Å²) in [4.78, 5) is 18.9. The monoisotopic (exact) mass is 383 g/mol. The fraction of sp³-hybridized carbons (Fsp3) is 0.455. The van der Waals surface area contributed by atoms with Crippen molar-refractivity contribution < 1.29 is 14.3 Å². The highest BCUT2D eigenvalue weighted by Gasteiger charge is 2.28. The van der Waals surface area contributed by atoms with Crippen LogP contribution in [0.2, 0.25) is 0 Å². The molecule has 1 saturated heterocycles. The Morgan fingerprint density at radius 3 is 2.86 bits per heavy atom. The molecule has 6 nitrogen and oxygen atoms in total. The van der Waals surface area contributed by atoms with Crippen LogP contribution >= 0.6 is 0 Å². The summed E-state index contributed by atoms with van der Waals surface area (Å²) in [7, 11) is 1.66. The van der Waals surface area contributed by atoms with Crippen molar-refractivity contribution in [3.05, 3.63) is 47.8 Å². The second-order valence-electron chi connectivity index (χ2n) is 7.46. The first-order chi connectivity index (χ1) is 13.4. The Kier molecular flexibility index (Phi) is 6.52. The maximum Gasteiger partial charge on any atom is 0.248 e. The highest BCUT2D eigenvalue weighted by molar-refractivity contribution is 5.77. The number of methoxy groups -OCH3 is 1. The van der Waals surface area contributed by atoms with Crippen molar-refractivity contribution in [2.24, 2.45) is 0 Å². The largest absolute Gasteiger partial charge is 0.497 e. The predicted molar refractivity (Wildman–Crippen MR) is 110 cm³/mol. The molecule has 3 rings (SSSR count). The van der Waals surface area contributed by atoms with Gasteiger partial charge in [-0.15, -0.1) is 0 Å². The van der Waals surface area contributed by atoms with Crippen LogP contribution in [-0.4, -0.2) is 48.7 Å². The topological polar surface area (TPSA) is 63.7 Å². The molecule has 0 unspecified atom stereocenters. The minimum atomic E-state index is 0.0542. The number of nitrogens with one attached hydrogen (secondary N) is 1. The van der Waals surface area contributed by atoms with E-state index in [1.54, 1.807) is 7.11 Å². The van der Waals surface area contributed by atoms with Crippen LogP contribution in [0.1, 0.15) is 37.6 Å². The van der Waals surface area contributed by atoms with Gasteiger partial charge in [-0.3, -0.25) is 9.78 Å². The maximum atomic E-state index is 12.3. The Balaban J connectivity index is 1.69. The zero-order valence-electron chi connectivity index (χ0n) is 17.1. The van der Waals surface area contributed by atoms with Gasteiger partial charge in [0.05, 0.1) is 13.2 Å². The molecular weight excluding hydrogens is 354 g/mol. The number of carbonyl (C=O) groups excluding carboxylic acids is 1. The molecule has 2 aromatic rings. The Bertz CT molecular complexity index is 822. The van der Waals surface area contributed by atoms with Gasteiger partial charge in [-0.05, 0) is 51.5 Å². The quantitative estimate of drug-likeness (QED) is 0.786. The van der Waals surface area contributed by atoms with Gasteiger partial charge < -0.3 is 19.7 Å². The van der Waals surface area contributed by atoms with Crippen LogP contribution in [0.15, 0.2) is 36.4 Å². The number of likely N-dealkylation sites (tertiary alicyclic amines) is 1. The molecule has 6 heteroatoms. The van der Waals surface area contributed by atoms with Crippen LogP contribution in [0.5, 0.6) is 5.75 Å². The highest BCUT2D eigenvalue weighted by atomic mass is 16.5. The molecule has 28 heavy (non-hydrogen) atoms. The number of hydrogen-bond donors (Lipinski definition) is 1. The number of pyridine rings is 1. The zero-order chi connectivity index (χ0) is 20.1. The molecule has 1 fully saturated rings. The third kappa shape index (κ3) is 5.23. The molecule has 1 aliphatic heterocycles. The number of anilines is 2. The zero-order valence-corrected chi connectivity index (χ0v) is 17.1. The molecule has 0 saturated carbocycles. The van der Waals surface area contributed by atoms with E-state index in [1.165, 1.54) is 0 Å². The van der Waals surface area contributed by atoms with E-state index in [0.29, 0.717) is 6.54 Å². The van der Waals surface area contributed by atoms with E-state index >= 15 is 0 Å². The number of ether oxygens (including phenoxy) is 2. The van der Waals surface area contributed by atoms with Crippen molar-refractivity contribution in [3.8, 4) is 5.75 Å². The van der Waals surface area contributed by atoms with Crippen molar-refractivity contribution in [3.63, 3.8) is 0 Å². The van der Waals surface area contributed by atoms with Gasteiger partial charge in [0.2, 0.25) is 5.91 Å². The van der Waals surface area contributed by atoms with Crippen LogP contribution in [0, 0.1) is 6.92 Å². The van der Waals surface area contributed by atoms with Crippen LogP contribution in [0.4, 0.5) is 11.4 Å². The first-order valence-corrected chi connectivity index (χ1v) is 9.73. The Hall–Kier alpha value is -2.60. The molecule has 1 amide bonds. The summed E-state index contributed by atoms with van der Waals surface area (Å²) in [6, 6.07) is 11.9. The van der Waals surface area contributed by atoms with Gasteiger partial charge >= 0.3 is 0 Å². The van der Waals surface area contributed by atoms with Gasteiger partial charge in [-0.25, -0.2) is 0 Å². The molecule has 2 heterocycles. The SMILES string of the molecule is COc1cccc(Nc2cc(C)nc([C@@H]3CCN(C(=O)COC(C)C)C3)c2)c1. The van der Waals surface area contributed by atoms with Crippen LogP contribution in [0.25, 0.3) is 0 Å². The lowest BCUT2D eigenvalue weighted by Gasteiger charge is -2.18. The molecule has 1 aromatic heterocycles. The molecule has 1 N–H and O–H groups in total. The lowest BCUT2D eigenvalue weighted by atomic mass is 10.0. The number of aryl methyl sites for hydroxylation is 1. The van der Waals surface area contributed by atoms with Crippen molar-refractivity contribution in [1.82, 2.24) is 9.88 Å². The third-order valence-corrected chi connectivity index (χ3v) is 4.83. The predicted octanol–water partition coefficient (Wildman–Crippen LogP) is 3.88. The molecule has 0 spiro atoms. The second kappa shape index (κ2) is 9.06. The third-order valence-electron chi connectivity index (χ3n) is 4.83. The van der Waals surface area contributed by atoms with Gasteiger partial charge in [0, 0.05) is 47.8 Å². The van der Waals surface area contributed by atoms with Crippen LogP contribution < -0.4 is 10.1 Å². The Labute approximate surface area is 166 Å². The lowest BCUT2D eigenvalue weighted by molar-refractivity contribution is -0.136. The van der Waals surface area contributed by atoms with Crippen molar-refractivity contribution >= 4 is 17.3 Å². The molecule has 1 aromatic carbocycles. The van der Waals surface area contributed by atoms with Gasteiger partial charge in [0.15, 0.2) is 0 Å². The summed E-state index contributed by atoms with van der Waals surface area (Å²) >= 11 is 0. The van der Waals surface area contributed by atoms with Gasteiger partial charge in [-0.1, -0.05) is 6.07 Å². The van der Waals surface area contributed by atoms with Crippen LogP contribution in [0.3, 0.4) is 0 Å². The summed E-state index contributed by atoms with van der Waals surface area (Å²) < 4.78 is 10.7. The minimum absolute atomic E-state index is 0.0542. The molecule has 0 radical (unpaired) electrons. The standard InChI is InChI=1S/C22H29N3O3/c1-15(2)28-14-22(26)25-9-8-17(13-25)21-12-19(10-16(3)23-21)24-18-6-5-7-20(11-18)27-4/h5-7,10-12,15,17H,8-9,13-14H2,1-4H3,(H,23,24)/t17-/m1/s1. The smallest absolute Gasteiger partial charge is 0.248 e. The number of benzene rings is 1. The van der Waals surface area contributed by atoms with Gasteiger partial charge in [0.25, 0.3) is 0 Å². The van der Waals surface area contributed by atoms with Crippen molar-refractivity contribution in [2.75, 3.05) is 32.1 Å². The first kappa shape index (κ1) is 20.1. The second-order valence-corrected chi connectivity index (χ2v) is 7.46. The van der Waals surface area contributed by atoms with Gasteiger partial charge in [0.1, 0.15) is 12.4 Å². The number of rotatable bonds is 7. The molecule has 0 aliphatic carbocycles. The average molecular weight is 383 g/mol. The normalized spacial score (nSPS) is 16.5. The van der Waals surface area contributed by atoms with Gasteiger partial charge in [-0.2, -0.15) is 0 Å². The summed E-state index contributed by atoms with van der Waals surface area (Å²) in [5.41, 5.74) is 3.93. The van der Waals surface area contributed by atoms with Crippen LogP contribution in [-0.2, 0) is 9.53 Å². The number of hydrogen-bond acceptors (Lipinski definition) is 5. The number of amides is 1. The molecule has 150 valence electrons. The Morgan fingerprint density at radius 1 is 1.29 bits per heavy atom. The summed E-state index contributed by atoms with van der Waals surface area (Å²) in [5, 5.41) is 3.43. The van der Waals surface area contributed by atoms with E-state index in [9.17, 15) is 4.79 Å². The van der Waals surface area contributed by atoms with E-state index in [0.717, 1.165) is 41.5 Å². The molecule has 1 aliphatic rings. The molecular formula is C22H29N3O3. The fourth-order valence-electron chi connectivity index (χ4n) is 3.40. The van der Waals surface area contributed by atoms with Crippen molar-refractivity contribution in [2.45, 2.75) is 39.2 Å². The van der Waals surface area contributed by atoms with E-state index in [1.807, 2.05) is 56.0 Å². The fourth-order valence-corrected chi connectivity index (χ4v) is 3.40. The number of aromatic nitrogens is 1. The summed E-state index contributed by atoms with van der Waals surface area (Å²) in [6.45, 7) is 7.46.